The number of amides is 1. The molecule has 0 unspecified atom stereocenters. The van der Waals surface area contributed by atoms with Gasteiger partial charge in [-0.25, -0.2) is 0 Å². The van der Waals surface area contributed by atoms with E-state index in [-0.39, 0.29) is 24.5 Å². The van der Waals surface area contributed by atoms with Crippen LogP contribution in [-0.2, 0) is 4.79 Å². The second-order valence-electron chi connectivity index (χ2n) is 6.94. The number of nitrogens with one attached hydrogen (secondary N) is 2. The molecule has 3 rings (SSSR count). The molecule has 0 aliphatic carbocycles. The molecule has 3 aromatic rings. The quantitative estimate of drug-likeness (QED) is 0.583. The molecule has 2 atom stereocenters. The highest BCUT2D eigenvalue weighted by atomic mass is 32.1. The largest absolute Gasteiger partial charge is 0.343 e. The molecule has 0 saturated heterocycles. The summed E-state index contributed by atoms with van der Waals surface area (Å²) in [7, 11) is 0. The van der Waals surface area contributed by atoms with Gasteiger partial charge in [0.1, 0.15) is 0 Å². The molecule has 4 heteroatoms. The van der Waals surface area contributed by atoms with Gasteiger partial charge in [0.2, 0.25) is 5.91 Å². The monoisotopic (exact) mass is 378 g/mol. The fraction of sp³-hybridized carbons (Fsp3) is 0.261. The lowest BCUT2D eigenvalue weighted by atomic mass is 9.96. The molecule has 0 spiro atoms. The molecule has 3 nitrogen and oxygen atoms in total. The Bertz CT molecular complexity index is 816. The van der Waals surface area contributed by atoms with E-state index in [2.05, 4.69) is 54.8 Å². The van der Waals surface area contributed by atoms with Crippen molar-refractivity contribution in [1.82, 2.24) is 10.6 Å². The van der Waals surface area contributed by atoms with Crippen molar-refractivity contribution in [3.05, 3.63) is 94.2 Å². The minimum absolute atomic E-state index is 0.00108. The van der Waals surface area contributed by atoms with E-state index < -0.39 is 0 Å². The van der Waals surface area contributed by atoms with Crippen LogP contribution in [0.2, 0.25) is 0 Å². The predicted molar refractivity (Wildman–Crippen MR) is 113 cm³/mol. The molecule has 0 fully saturated rings. The Kier molecular flexibility index (Phi) is 6.80. The van der Waals surface area contributed by atoms with Crippen molar-refractivity contribution in [3.63, 3.8) is 0 Å². The maximum Gasteiger partial charge on any atom is 0.234 e. The number of hydrogen-bond donors (Lipinski definition) is 2. The molecule has 0 bridgehead atoms. The molecular weight excluding hydrogens is 352 g/mol. The van der Waals surface area contributed by atoms with Crippen molar-refractivity contribution in [2.45, 2.75) is 25.9 Å². The molecule has 1 aromatic heterocycles. The Morgan fingerprint density at radius 2 is 1.52 bits per heavy atom. The van der Waals surface area contributed by atoms with Gasteiger partial charge in [0.25, 0.3) is 0 Å². The molecule has 2 N–H and O–H groups in total. The van der Waals surface area contributed by atoms with Gasteiger partial charge in [-0.3, -0.25) is 4.79 Å². The Morgan fingerprint density at radius 1 is 0.889 bits per heavy atom. The zero-order chi connectivity index (χ0) is 19.1. The van der Waals surface area contributed by atoms with Crippen LogP contribution in [0.5, 0.6) is 0 Å². The summed E-state index contributed by atoms with van der Waals surface area (Å²) in [5.74, 6) is 0.390. The summed E-state index contributed by atoms with van der Waals surface area (Å²) in [6.07, 6.45) is 0. The number of rotatable bonds is 8. The lowest BCUT2D eigenvalue weighted by Gasteiger charge is -2.24. The molecule has 1 amide bonds. The van der Waals surface area contributed by atoms with Crippen molar-refractivity contribution >= 4 is 17.2 Å². The maximum atomic E-state index is 12.7. The third-order valence-electron chi connectivity index (χ3n) is 4.57. The van der Waals surface area contributed by atoms with E-state index in [1.165, 1.54) is 5.56 Å². The van der Waals surface area contributed by atoms with Gasteiger partial charge in [0.15, 0.2) is 0 Å². The summed E-state index contributed by atoms with van der Waals surface area (Å²) < 4.78 is 0. The van der Waals surface area contributed by atoms with Gasteiger partial charge in [-0.2, -0.15) is 0 Å². The fourth-order valence-corrected chi connectivity index (χ4v) is 4.04. The van der Waals surface area contributed by atoms with Crippen LogP contribution in [0.25, 0.3) is 0 Å². The lowest BCUT2D eigenvalue weighted by Crippen LogP contribution is -2.39. The third kappa shape index (κ3) is 5.28. The fourth-order valence-electron chi connectivity index (χ4n) is 3.23. The zero-order valence-corrected chi connectivity index (χ0v) is 16.6. The highest BCUT2D eigenvalue weighted by Crippen LogP contribution is 2.26. The Labute approximate surface area is 165 Å². The standard InChI is InChI=1S/C23H26N2OS/c1-17(2)22(18-10-5-3-6-11-18)24-16-21(26)25-23(20-14-9-15-27-20)19-12-7-4-8-13-19/h3-15,17,22-24H,16H2,1-2H3,(H,25,26)/t22-,23-/m1/s1. The first-order valence-corrected chi connectivity index (χ1v) is 10.2. The SMILES string of the molecule is CC(C)[C@@H](NCC(=O)N[C@H](c1ccccc1)c1cccs1)c1ccccc1. The summed E-state index contributed by atoms with van der Waals surface area (Å²) in [6, 6.07) is 24.5. The number of thiophene rings is 1. The summed E-state index contributed by atoms with van der Waals surface area (Å²) in [6.45, 7) is 4.62. The molecule has 27 heavy (non-hydrogen) atoms. The molecule has 2 aromatic carbocycles. The first-order valence-electron chi connectivity index (χ1n) is 9.31. The average molecular weight is 379 g/mol. The molecule has 0 saturated carbocycles. The lowest BCUT2D eigenvalue weighted by molar-refractivity contribution is -0.120. The van der Waals surface area contributed by atoms with Crippen LogP contribution in [0, 0.1) is 5.92 Å². The number of carbonyl (C=O) groups excluding carboxylic acids is 1. The van der Waals surface area contributed by atoms with Crippen LogP contribution in [-0.4, -0.2) is 12.5 Å². The molecule has 0 radical (unpaired) electrons. The van der Waals surface area contributed by atoms with E-state index in [0.717, 1.165) is 10.4 Å². The zero-order valence-electron chi connectivity index (χ0n) is 15.8. The van der Waals surface area contributed by atoms with Gasteiger partial charge < -0.3 is 10.6 Å². The van der Waals surface area contributed by atoms with Crippen LogP contribution in [0.3, 0.4) is 0 Å². The van der Waals surface area contributed by atoms with Crippen molar-refractivity contribution in [3.8, 4) is 0 Å². The highest BCUT2D eigenvalue weighted by molar-refractivity contribution is 7.10. The topological polar surface area (TPSA) is 41.1 Å². The van der Waals surface area contributed by atoms with Crippen molar-refractivity contribution in [2.24, 2.45) is 5.92 Å². The number of carbonyl (C=O) groups is 1. The molecule has 140 valence electrons. The minimum atomic E-state index is -0.116. The van der Waals surface area contributed by atoms with E-state index in [9.17, 15) is 4.79 Å². The predicted octanol–water partition coefficient (Wildman–Crippen LogP) is 4.94. The first-order chi connectivity index (χ1) is 13.1. The van der Waals surface area contributed by atoms with E-state index >= 15 is 0 Å². The molecular formula is C23H26N2OS. The van der Waals surface area contributed by atoms with Crippen LogP contribution in [0.1, 0.15) is 41.9 Å². The second kappa shape index (κ2) is 9.49. The smallest absolute Gasteiger partial charge is 0.234 e. The first kappa shape index (κ1) is 19.3. The Hall–Kier alpha value is -2.43. The summed E-state index contributed by atoms with van der Waals surface area (Å²) in [5, 5.41) is 8.66. The number of hydrogen-bond acceptors (Lipinski definition) is 3. The van der Waals surface area contributed by atoms with Crippen LogP contribution in [0.4, 0.5) is 0 Å². The van der Waals surface area contributed by atoms with Gasteiger partial charge in [0.05, 0.1) is 12.6 Å². The summed E-state index contributed by atoms with van der Waals surface area (Å²) in [4.78, 5) is 13.8. The Morgan fingerprint density at radius 3 is 2.07 bits per heavy atom. The van der Waals surface area contributed by atoms with E-state index in [1.54, 1.807) is 11.3 Å². The third-order valence-corrected chi connectivity index (χ3v) is 5.51. The van der Waals surface area contributed by atoms with Gasteiger partial charge >= 0.3 is 0 Å². The number of benzene rings is 2. The van der Waals surface area contributed by atoms with Crippen LogP contribution < -0.4 is 10.6 Å². The maximum absolute atomic E-state index is 12.7. The van der Waals surface area contributed by atoms with Gasteiger partial charge in [-0.05, 0) is 28.5 Å². The molecule has 0 aliphatic heterocycles. The van der Waals surface area contributed by atoms with Gasteiger partial charge in [-0.15, -0.1) is 11.3 Å². The van der Waals surface area contributed by atoms with Gasteiger partial charge in [-0.1, -0.05) is 80.6 Å². The summed E-state index contributed by atoms with van der Waals surface area (Å²) in [5.41, 5.74) is 2.30. The normalized spacial score (nSPS) is 13.3. The van der Waals surface area contributed by atoms with Gasteiger partial charge in [0, 0.05) is 10.9 Å². The minimum Gasteiger partial charge on any atom is -0.343 e. The van der Waals surface area contributed by atoms with Crippen LogP contribution in [0.15, 0.2) is 78.2 Å². The second-order valence-corrected chi connectivity index (χ2v) is 7.92. The van der Waals surface area contributed by atoms with E-state index in [1.807, 2.05) is 47.8 Å². The van der Waals surface area contributed by atoms with E-state index in [0.29, 0.717) is 5.92 Å². The van der Waals surface area contributed by atoms with Crippen molar-refractivity contribution in [1.29, 1.82) is 0 Å². The van der Waals surface area contributed by atoms with Crippen molar-refractivity contribution in [2.75, 3.05) is 6.54 Å². The highest BCUT2D eigenvalue weighted by Gasteiger charge is 2.20. The summed E-state index contributed by atoms with van der Waals surface area (Å²) >= 11 is 1.66. The molecule has 1 heterocycles. The molecule has 0 aliphatic rings. The van der Waals surface area contributed by atoms with E-state index in [4.69, 9.17) is 0 Å². The average Bonchev–Trinajstić information content (AvgIpc) is 3.22. The van der Waals surface area contributed by atoms with Crippen molar-refractivity contribution < 1.29 is 4.79 Å². The Balaban J connectivity index is 1.67. The van der Waals surface area contributed by atoms with Crippen LogP contribution >= 0.6 is 11.3 Å².